The molecule has 0 saturated heterocycles. The minimum atomic E-state index is -4.19. The van der Waals surface area contributed by atoms with Crippen LogP contribution in [-0.2, 0) is 47.7 Å². The zero-order valence-corrected chi connectivity index (χ0v) is 20.8. The molecule has 184 valence electrons. The molecule has 0 aromatic heterocycles. The van der Waals surface area contributed by atoms with Crippen LogP contribution < -0.4 is 5.73 Å². The smallest absolute Gasteiger partial charge is 0.328 e. The molecule has 0 amide bonds. The van der Waals surface area contributed by atoms with Crippen LogP contribution >= 0.6 is 0 Å². The fourth-order valence-corrected chi connectivity index (χ4v) is 4.80. The van der Waals surface area contributed by atoms with E-state index in [9.17, 15) is 26.4 Å². The van der Waals surface area contributed by atoms with E-state index >= 15 is 0 Å². The average molecular weight is 490 g/mol. The van der Waals surface area contributed by atoms with E-state index < -0.39 is 66.8 Å². The molecule has 13 heteroatoms. The fourth-order valence-electron chi connectivity index (χ4n) is 2.10. The molecule has 3 unspecified atom stereocenters. The summed E-state index contributed by atoms with van der Waals surface area (Å²) in [5, 5.41) is 0. The lowest BCUT2D eigenvalue weighted by Crippen LogP contribution is -2.56. The van der Waals surface area contributed by atoms with Gasteiger partial charge in [-0.25, -0.2) is 4.79 Å². The average Bonchev–Trinajstić information content (AvgIpc) is 2.60. The fraction of sp³-hybridized carbons (Fsp3) is 0.889. The lowest BCUT2D eigenvalue weighted by molar-refractivity contribution is -0.158. The molecule has 0 spiro atoms. The molecule has 0 aromatic carbocycles. The van der Waals surface area contributed by atoms with Crippen molar-refractivity contribution in [1.29, 1.82) is 0 Å². The Balaban J connectivity index is 4.90. The highest BCUT2D eigenvalue weighted by molar-refractivity contribution is 7.87. The van der Waals surface area contributed by atoms with Crippen LogP contribution in [0.25, 0.3) is 0 Å². The van der Waals surface area contributed by atoms with Gasteiger partial charge in [0.25, 0.3) is 20.2 Å². The van der Waals surface area contributed by atoms with Gasteiger partial charge in [0, 0.05) is 0 Å². The van der Waals surface area contributed by atoms with Crippen molar-refractivity contribution in [2.45, 2.75) is 72.6 Å². The Bertz CT molecular complexity index is 750. The minimum absolute atomic E-state index is 0.0638. The molecule has 0 rings (SSSR count). The summed E-state index contributed by atoms with van der Waals surface area (Å²) in [7, 11) is -8.33. The van der Waals surface area contributed by atoms with Gasteiger partial charge in [0.2, 0.25) is 0 Å². The van der Waals surface area contributed by atoms with E-state index in [4.69, 9.17) is 23.6 Å². The van der Waals surface area contributed by atoms with Gasteiger partial charge in [-0.3, -0.25) is 13.2 Å². The number of ether oxygens (including phenoxy) is 2. The van der Waals surface area contributed by atoms with Gasteiger partial charge in [-0.05, 0) is 54.9 Å². The Morgan fingerprint density at radius 1 is 0.806 bits per heavy atom. The second-order valence-corrected chi connectivity index (χ2v) is 11.2. The van der Waals surface area contributed by atoms with Crippen LogP contribution in [0.2, 0.25) is 0 Å². The minimum Gasteiger partial charge on any atom is -0.466 e. The van der Waals surface area contributed by atoms with Gasteiger partial charge in [-0.1, -0.05) is 0 Å². The van der Waals surface area contributed by atoms with E-state index in [1.165, 1.54) is 34.6 Å². The SMILES string of the molecule is CCOC(=O)C(C)(C)C(C)OS(=O)(=O)CCCS(=O)(=O)OC(C)C(C)(N)C(=O)OCC. The zero-order chi connectivity index (χ0) is 24.7. The molecular weight excluding hydrogens is 454 g/mol. The van der Waals surface area contributed by atoms with E-state index in [1.807, 2.05) is 0 Å². The number of hydrogen-bond donors (Lipinski definition) is 1. The van der Waals surface area contributed by atoms with Crippen molar-refractivity contribution in [3.8, 4) is 0 Å². The molecule has 0 aliphatic rings. The highest BCUT2D eigenvalue weighted by Gasteiger charge is 2.40. The van der Waals surface area contributed by atoms with Gasteiger partial charge in [-0.15, -0.1) is 0 Å². The third-order valence-corrected chi connectivity index (χ3v) is 7.49. The molecule has 3 atom stereocenters. The first-order valence-corrected chi connectivity index (χ1v) is 13.0. The van der Waals surface area contributed by atoms with E-state index in [1.54, 1.807) is 13.8 Å². The summed E-state index contributed by atoms with van der Waals surface area (Å²) in [4.78, 5) is 23.8. The molecule has 11 nitrogen and oxygen atoms in total. The maximum atomic E-state index is 12.2. The lowest BCUT2D eigenvalue weighted by Gasteiger charge is -2.29. The Morgan fingerprint density at radius 3 is 1.61 bits per heavy atom. The van der Waals surface area contributed by atoms with E-state index in [0.717, 1.165) is 0 Å². The standard InChI is InChI=1S/C18H35NO10S2/c1-8-26-15(20)17(5,6)13(3)28-30(22,23)11-10-12-31(24,25)29-14(4)18(7,19)16(21)27-9-2/h13-14H,8-12,19H2,1-7H3. The summed E-state index contributed by atoms with van der Waals surface area (Å²) in [6.07, 6.45) is -2.60. The van der Waals surface area contributed by atoms with Crippen molar-refractivity contribution in [1.82, 2.24) is 0 Å². The monoisotopic (exact) mass is 489 g/mol. The van der Waals surface area contributed by atoms with Crippen LogP contribution in [0, 0.1) is 5.41 Å². The predicted octanol–water partition coefficient (Wildman–Crippen LogP) is 0.716. The molecule has 0 aliphatic heterocycles. The molecule has 0 bridgehead atoms. The van der Waals surface area contributed by atoms with Gasteiger partial charge in [0.15, 0.2) is 0 Å². The number of carbonyl (C=O) groups is 2. The Kier molecular flexibility index (Phi) is 11.1. The molecule has 0 fully saturated rings. The molecule has 0 radical (unpaired) electrons. The Labute approximate surface area is 185 Å². The normalized spacial score (nSPS) is 16.8. The van der Waals surface area contributed by atoms with E-state index in [-0.39, 0.29) is 19.6 Å². The summed E-state index contributed by atoms with van der Waals surface area (Å²) in [5.74, 6) is -2.71. The summed E-state index contributed by atoms with van der Waals surface area (Å²) in [6.45, 7) is 10.4. The lowest BCUT2D eigenvalue weighted by atomic mass is 9.88. The van der Waals surface area contributed by atoms with Crippen LogP contribution in [0.15, 0.2) is 0 Å². The molecular formula is C18H35NO10S2. The topological polar surface area (TPSA) is 165 Å². The van der Waals surface area contributed by atoms with Crippen molar-refractivity contribution in [2.24, 2.45) is 11.1 Å². The van der Waals surface area contributed by atoms with Gasteiger partial charge >= 0.3 is 11.9 Å². The van der Waals surface area contributed by atoms with Crippen molar-refractivity contribution in [3.05, 3.63) is 0 Å². The summed E-state index contributed by atoms with van der Waals surface area (Å²) in [6, 6.07) is 0. The second kappa shape index (κ2) is 11.5. The number of nitrogens with two attached hydrogens (primary N) is 1. The first kappa shape index (κ1) is 29.7. The third-order valence-electron chi connectivity index (χ3n) is 4.75. The molecule has 31 heavy (non-hydrogen) atoms. The highest BCUT2D eigenvalue weighted by Crippen LogP contribution is 2.26. The van der Waals surface area contributed by atoms with Gasteiger partial charge in [0.05, 0.1) is 36.2 Å². The zero-order valence-electron chi connectivity index (χ0n) is 19.2. The molecule has 0 aliphatic carbocycles. The summed E-state index contributed by atoms with van der Waals surface area (Å²) >= 11 is 0. The van der Waals surface area contributed by atoms with Crippen molar-refractivity contribution in [2.75, 3.05) is 24.7 Å². The van der Waals surface area contributed by atoms with Gasteiger partial charge in [-0.2, -0.15) is 16.8 Å². The Hall–Kier alpha value is -1.28. The maximum Gasteiger partial charge on any atom is 0.328 e. The van der Waals surface area contributed by atoms with Crippen LogP contribution in [0.1, 0.15) is 54.9 Å². The Morgan fingerprint density at radius 2 is 1.19 bits per heavy atom. The number of carbonyl (C=O) groups excluding carboxylic acids is 2. The van der Waals surface area contributed by atoms with Crippen molar-refractivity contribution >= 4 is 32.2 Å². The van der Waals surface area contributed by atoms with Crippen LogP contribution in [0.3, 0.4) is 0 Å². The third kappa shape index (κ3) is 9.39. The largest absolute Gasteiger partial charge is 0.466 e. The van der Waals surface area contributed by atoms with Crippen LogP contribution in [0.4, 0.5) is 0 Å². The maximum absolute atomic E-state index is 12.2. The van der Waals surface area contributed by atoms with Crippen molar-refractivity contribution < 1.29 is 44.3 Å². The van der Waals surface area contributed by atoms with Crippen LogP contribution in [-0.4, -0.2) is 71.2 Å². The predicted molar refractivity (Wildman–Crippen MR) is 113 cm³/mol. The second-order valence-electron chi connectivity index (χ2n) is 7.80. The molecule has 0 aromatic rings. The summed E-state index contributed by atoms with van der Waals surface area (Å²) in [5.41, 5.74) is 2.87. The van der Waals surface area contributed by atoms with Gasteiger partial charge in [0.1, 0.15) is 11.6 Å². The summed E-state index contributed by atoms with van der Waals surface area (Å²) < 4.78 is 68.4. The van der Waals surface area contributed by atoms with E-state index in [0.29, 0.717) is 0 Å². The number of rotatable bonds is 14. The first-order chi connectivity index (χ1) is 13.9. The molecule has 2 N–H and O–H groups in total. The highest BCUT2D eigenvalue weighted by atomic mass is 32.2. The first-order valence-electron chi connectivity index (χ1n) is 9.88. The number of esters is 2. The molecule has 0 saturated carbocycles. The van der Waals surface area contributed by atoms with Gasteiger partial charge < -0.3 is 15.2 Å². The quantitative estimate of drug-likeness (QED) is 0.270. The number of hydrogen-bond acceptors (Lipinski definition) is 11. The van der Waals surface area contributed by atoms with Crippen molar-refractivity contribution in [3.63, 3.8) is 0 Å². The van der Waals surface area contributed by atoms with Crippen LogP contribution in [0.5, 0.6) is 0 Å². The van der Waals surface area contributed by atoms with E-state index in [2.05, 4.69) is 0 Å². The molecule has 0 heterocycles.